The topological polar surface area (TPSA) is 91.3 Å². The van der Waals surface area contributed by atoms with Gasteiger partial charge in [-0.15, -0.1) is 11.8 Å². The van der Waals surface area contributed by atoms with Gasteiger partial charge in [-0.05, 0) is 76.3 Å². The first kappa shape index (κ1) is 29.5. The number of benzene rings is 1. The monoisotopic (exact) mass is 502 g/mol. The second kappa shape index (κ2) is 16.9. The third-order valence-electron chi connectivity index (χ3n) is 4.72. The fraction of sp³-hybridized carbons (Fsp3) is 0.583. The number of carbonyl (C=O) groups excluding carboxylic acids is 2. The number of halogens is 1. The van der Waals surface area contributed by atoms with Crippen molar-refractivity contribution in [2.45, 2.75) is 75.4 Å². The maximum atomic E-state index is 12.0. The quantitative estimate of drug-likeness (QED) is 0.149. The average molecular weight is 503 g/mol. The standard InChI is InChI=1S/C24H35ClO7S/c1-17(6-5-7-24(29-3)30-4)31-22(27)15-12-20(26)11-8-18(2)32-23(28)16-33-21-13-9-19(25)10-14-21/h9-10,12-15,17-18,20,24,26H,5-8,11,16H2,1-4H3/b15-12+/t17-,18-,20?/m1/s1. The zero-order chi connectivity index (χ0) is 24.6. The Hall–Kier alpha value is -1.58. The van der Waals surface area contributed by atoms with Gasteiger partial charge < -0.3 is 24.1 Å². The van der Waals surface area contributed by atoms with Crippen molar-refractivity contribution in [2.75, 3.05) is 20.0 Å². The first-order chi connectivity index (χ1) is 15.7. The summed E-state index contributed by atoms with van der Waals surface area (Å²) in [7, 11) is 3.17. The molecule has 0 aliphatic rings. The van der Waals surface area contributed by atoms with Crippen LogP contribution in [0.15, 0.2) is 41.3 Å². The van der Waals surface area contributed by atoms with Gasteiger partial charge >= 0.3 is 11.9 Å². The van der Waals surface area contributed by atoms with Crippen LogP contribution in [0.1, 0.15) is 46.0 Å². The maximum absolute atomic E-state index is 12.0. The Labute approximate surface area is 205 Å². The number of thioether (sulfide) groups is 1. The molecule has 186 valence electrons. The number of esters is 2. The molecule has 7 nitrogen and oxygen atoms in total. The van der Waals surface area contributed by atoms with E-state index in [1.807, 2.05) is 19.1 Å². The van der Waals surface area contributed by atoms with Crippen molar-refractivity contribution < 1.29 is 33.6 Å². The van der Waals surface area contributed by atoms with Crippen LogP contribution in [0.2, 0.25) is 5.02 Å². The molecule has 0 bridgehead atoms. The number of aliphatic hydroxyl groups is 1. The third kappa shape index (κ3) is 14.3. The van der Waals surface area contributed by atoms with Crippen molar-refractivity contribution in [2.24, 2.45) is 0 Å². The van der Waals surface area contributed by atoms with Crippen LogP contribution in [-0.2, 0) is 28.5 Å². The zero-order valence-electron chi connectivity index (χ0n) is 19.7. The van der Waals surface area contributed by atoms with Gasteiger partial charge in [-0.2, -0.15) is 0 Å². The Morgan fingerprint density at radius 1 is 1.00 bits per heavy atom. The Morgan fingerprint density at radius 3 is 2.27 bits per heavy atom. The molecule has 0 saturated carbocycles. The first-order valence-corrected chi connectivity index (χ1v) is 12.3. The molecule has 1 aromatic rings. The number of ether oxygens (including phenoxy) is 4. The Morgan fingerprint density at radius 2 is 1.64 bits per heavy atom. The number of hydrogen-bond donors (Lipinski definition) is 1. The highest BCUT2D eigenvalue weighted by molar-refractivity contribution is 8.00. The molecule has 1 rings (SSSR count). The molecule has 0 radical (unpaired) electrons. The zero-order valence-corrected chi connectivity index (χ0v) is 21.3. The fourth-order valence-electron chi connectivity index (χ4n) is 2.88. The lowest BCUT2D eigenvalue weighted by molar-refractivity contribution is -0.145. The van der Waals surface area contributed by atoms with Crippen LogP contribution in [0.25, 0.3) is 0 Å². The fourth-order valence-corrected chi connectivity index (χ4v) is 3.69. The molecule has 0 fully saturated rings. The molecule has 0 amide bonds. The molecular formula is C24H35ClO7S. The molecule has 1 aromatic carbocycles. The van der Waals surface area contributed by atoms with E-state index < -0.39 is 12.1 Å². The van der Waals surface area contributed by atoms with E-state index in [0.29, 0.717) is 30.7 Å². The van der Waals surface area contributed by atoms with E-state index in [-0.39, 0.29) is 30.2 Å². The molecule has 1 unspecified atom stereocenters. The summed E-state index contributed by atoms with van der Waals surface area (Å²) < 4.78 is 20.9. The van der Waals surface area contributed by atoms with E-state index in [4.69, 9.17) is 30.5 Å². The molecular weight excluding hydrogens is 468 g/mol. The number of aliphatic hydroxyl groups excluding tert-OH is 1. The highest BCUT2D eigenvalue weighted by Crippen LogP contribution is 2.20. The SMILES string of the molecule is COC(CCC[C@@H](C)OC(=O)/C=C/C(O)CC[C@@H](C)OC(=O)CSc1ccc(Cl)cc1)OC. The van der Waals surface area contributed by atoms with Crippen LogP contribution < -0.4 is 0 Å². The van der Waals surface area contributed by atoms with Crippen LogP contribution in [0.5, 0.6) is 0 Å². The van der Waals surface area contributed by atoms with Gasteiger partial charge in [-0.1, -0.05) is 11.6 Å². The van der Waals surface area contributed by atoms with Gasteiger partial charge in [0.2, 0.25) is 0 Å². The summed E-state index contributed by atoms with van der Waals surface area (Å²) >= 11 is 7.21. The highest BCUT2D eigenvalue weighted by Gasteiger charge is 2.13. The highest BCUT2D eigenvalue weighted by atomic mass is 35.5. The molecule has 0 heterocycles. The lowest BCUT2D eigenvalue weighted by Gasteiger charge is -2.16. The molecule has 1 N–H and O–H groups in total. The van der Waals surface area contributed by atoms with Crippen molar-refractivity contribution in [3.8, 4) is 0 Å². The van der Waals surface area contributed by atoms with Crippen molar-refractivity contribution >= 4 is 35.3 Å². The molecule has 33 heavy (non-hydrogen) atoms. The van der Waals surface area contributed by atoms with Gasteiger partial charge in [-0.3, -0.25) is 4.79 Å². The van der Waals surface area contributed by atoms with Gasteiger partial charge in [0.1, 0.15) is 0 Å². The summed E-state index contributed by atoms with van der Waals surface area (Å²) in [5.74, 6) is -0.640. The van der Waals surface area contributed by atoms with Crippen molar-refractivity contribution in [1.82, 2.24) is 0 Å². The number of methoxy groups -OCH3 is 2. The van der Waals surface area contributed by atoms with E-state index in [9.17, 15) is 14.7 Å². The predicted molar refractivity (Wildman–Crippen MR) is 129 cm³/mol. The lowest BCUT2D eigenvalue weighted by atomic mass is 10.1. The summed E-state index contributed by atoms with van der Waals surface area (Å²) in [6, 6.07) is 7.22. The van der Waals surface area contributed by atoms with Gasteiger partial charge in [0.25, 0.3) is 0 Å². The summed E-state index contributed by atoms with van der Waals surface area (Å²) in [5, 5.41) is 10.7. The van der Waals surface area contributed by atoms with Gasteiger partial charge in [0.15, 0.2) is 6.29 Å². The van der Waals surface area contributed by atoms with E-state index >= 15 is 0 Å². The number of carbonyl (C=O) groups is 2. The van der Waals surface area contributed by atoms with Gasteiger partial charge in [0.05, 0.1) is 24.1 Å². The molecule has 0 aliphatic heterocycles. The second-order valence-electron chi connectivity index (χ2n) is 7.63. The number of rotatable bonds is 16. The van der Waals surface area contributed by atoms with Crippen LogP contribution in [0.4, 0.5) is 0 Å². The summed E-state index contributed by atoms with van der Waals surface area (Å²) in [4.78, 5) is 24.8. The smallest absolute Gasteiger partial charge is 0.330 e. The largest absolute Gasteiger partial charge is 0.462 e. The Bertz CT molecular complexity index is 722. The van der Waals surface area contributed by atoms with Crippen LogP contribution in [-0.4, -0.2) is 61.6 Å². The van der Waals surface area contributed by atoms with Crippen LogP contribution in [0, 0.1) is 0 Å². The minimum absolute atomic E-state index is 0.191. The third-order valence-corrected chi connectivity index (χ3v) is 5.96. The van der Waals surface area contributed by atoms with Crippen molar-refractivity contribution in [1.29, 1.82) is 0 Å². The van der Waals surface area contributed by atoms with Gasteiger partial charge in [0, 0.05) is 30.2 Å². The van der Waals surface area contributed by atoms with Crippen LogP contribution >= 0.6 is 23.4 Å². The van der Waals surface area contributed by atoms with Crippen molar-refractivity contribution in [3.05, 3.63) is 41.4 Å². The Balaban J connectivity index is 2.21. The molecule has 9 heteroatoms. The van der Waals surface area contributed by atoms with Crippen molar-refractivity contribution in [3.63, 3.8) is 0 Å². The van der Waals surface area contributed by atoms with E-state index in [2.05, 4.69) is 0 Å². The van der Waals surface area contributed by atoms with E-state index in [1.165, 1.54) is 23.9 Å². The van der Waals surface area contributed by atoms with Crippen LogP contribution in [0.3, 0.4) is 0 Å². The normalized spacial score (nSPS) is 14.3. The number of hydrogen-bond acceptors (Lipinski definition) is 8. The van der Waals surface area contributed by atoms with E-state index in [0.717, 1.165) is 11.3 Å². The summed E-state index contributed by atoms with van der Waals surface area (Å²) in [5.41, 5.74) is 0. The molecule has 0 aromatic heterocycles. The summed E-state index contributed by atoms with van der Waals surface area (Å²) in [6.45, 7) is 3.59. The minimum atomic E-state index is -0.832. The molecule has 0 aliphatic carbocycles. The second-order valence-corrected chi connectivity index (χ2v) is 9.11. The maximum Gasteiger partial charge on any atom is 0.330 e. The summed E-state index contributed by atoms with van der Waals surface area (Å²) in [6.07, 6.45) is 3.95. The molecule has 3 atom stereocenters. The Kier molecular flexibility index (Phi) is 15.1. The van der Waals surface area contributed by atoms with E-state index in [1.54, 1.807) is 33.3 Å². The first-order valence-electron chi connectivity index (χ1n) is 10.9. The lowest BCUT2D eigenvalue weighted by Crippen LogP contribution is -2.18. The minimum Gasteiger partial charge on any atom is -0.462 e. The molecule has 0 spiro atoms. The molecule has 0 saturated heterocycles. The predicted octanol–water partition coefficient (Wildman–Crippen LogP) is 4.78. The average Bonchev–Trinajstić information content (AvgIpc) is 2.78. The van der Waals surface area contributed by atoms with Gasteiger partial charge in [-0.25, -0.2) is 4.79 Å².